The van der Waals surface area contributed by atoms with Crippen LogP contribution in [0, 0.1) is 0 Å². The Bertz CT molecular complexity index is 523. The Morgan fingerprint density at radius 3 is 2.06 bits per heavy atom. The molecule has 6 heteroatoms. The summed E-state index contributed by atoms with van der Waals surface area (Å²) in [5, 5.41) is 0. The number of amides is 3. The molecule has 0 aromatic heterocycles. The SMILES string of the molecule is O=C1C=CC=CC=NC(=O)C=NC(=O)C=CC=N1. The third-order valence-electron chi connectivity index (χ3n) is 1.58. The van der Waals surface area contributed by atoms with Gasteiger partial charge in [0.25, 0.3) is 17.7 Å². The maximum Gasteiger partial charge on any atom is 0.288 e. The number of carbonyl (C=O) groups excluding carboxylic acids is 3. The number of allylic oxidation sites excluding steroid dienone is 4. The van der Waals surface area contributed by atoms with E-state index in [2.05, 4.69) is 15.0 Å². The van der Waals surface area contributed by atoms with Gasteiger partial charge in [-0.3, -0.25) is 14.4 Å². The minimum Gasteiger partial charge on any atom is -0.267 e. The molecular formula is C12H9N3O3. The molecule has 0 radical (unpaired) electrons. The van der Waals surface area contributed by atoms with Crippen molar-refractivity contribution in [3.63, 3.8) is 0 Å². The molecule has 0 atom stereocenters. The predicted octanol–water partition coefficient (Wildman–Crippen LogP) is 0.461. The lowest BCUT2D eigenvalue weighted by Gasteiger charge is -1.82. The van der Waals surface area contributed by atoms with Crippen molar-refractivity contribution in [2.45, 2.75) is 0 Å². The van der Waals surface area contributed by atoms with Crippen LogP contribution in [-0.4, -0.2) is 36.4 Å². The monoisotopic (exact) mass is 243 g/mol. The smallest absolute Gasteiger partial charge is 0.267 e. The molecule has 1 aliphatic rings. The van der Waals surface area contributed by atoms with Crippen molar-refractivity contribution in [2.75, 3.05) is 0 Å². The van der Waals surface area contributed by atoms with Gasteiger partial charge >= 0.3 is 0 Å². The molecule has 0 bridgehead atoms. The van der Waals surface area contributed by atoms with Crippen molar-refractivity contribution < 1.29 is 14.4 Å². The normalized spacial score (nSPS) is 17.0. The van der Waals surface area contributed by atoms with Crippen molar-refractivity contribution in [1.29, 1.82) is 0 Å². The van der Waals surface area contributed by atoms with Crippen LogP contribution in [0.4, 0.5) is 0 Å². The van der Waals surface area contributed by atoms with Crippen LogP contribution in [0.15, 0.2) is 51.4 Å². The second-order valence-corrected chi connectivity index (χ2v) is 2.93. The Labute approximate surface area is 103 Å². The van der Waals surface area contributed by atoms with Crippen molar-refractivity contribution in [2.24, 2.45) is 15.0 Å². The van der Waals surface area contributed by atoms with Crippen LogP contribution in [0.3, 0.4) is 0 Å². The number of carbonyl (C=O) groups is 3. The Kier molecular flexibility index (Phi) is 5.55. The molecule has 6 nitrogen and oxygen atoms in total. The molecule has 0 aliphatic carbocycles. The number of hydrogen-bond donors (Lipinski definition) is 0. The molecule has 0 fully saturated rings. The summed E-state index contributed by atoms with van der Waals surface area (Å²) in [5.74, 6) is -1.76. The first-order valence-corrected chi connectivity index (χ1v) is 4.92. The molecule has 1 aliphatic heterocycles. The highest BCUT2D eigenvalue weighted by atomic mass is 16.2. The number of nitrogens with zero attached hydrogens (tertiary/aromatic N) is 3. The summed E-state index contributed by atoms with van der Waals surface area (Å²) in [7, 11) is 0. The van der Waals surface area contributed by atoms with Crippen LogP contribution in [0.2, 0.25) is 0 Å². The molecule has 0 aromatic rings. The fourth-order valence-corrected chi connectivity index (χ4v) is 0.848. The molecule has 1 heterocycles. The zero-order valence-corrected chi connectivity index (χ0v) is 9.26. The molecule has 90 valence electrons. The molecule has 3 amide bonds. The quantitative estimate of drug-likeness (QED) is 0.619. The van der Waals surface area contributed by atoms with Crippen molar-refractivity contribution in [3.05, 3.63) is 36.5 Å². The Morgan fingerprint density at radius 1 is 0.611 bits per heavy atom. The average Bonchev–Trinajstić information content (AvgIpc) is 2.35. The third kappa shape index (κ3) is 5.96. The van der Waals surface area contributed by atoms with Crippen LogP contribution < -0.4 is 0 Å². The van der Waals surface area contributed by atoms with E-state index < -0.39 is 17.7 Å². The summed E-state index contributed by atoms with van der Waals surface area (Å²) in [4.78, 5) is 43.6. The van der Waals surface area contributed by atoms with Gasteiger partial charge in [0.05, 0.1) is 6.21 Å². The first kappa shape index (κ1) is 13.3. The number of aliphatic imine (C=N–C) groups is 3. The minimum absolute atomic E-state index is 0.469. The predicted molar refractivity (Wildman–Crippen MR) is 67.9 cm³/mol. The lowest BCUT2D eigenvalue weighted by atomic mass is 10.4. The molecule has 0 spiro atoms. The molecular weight excluding hydrogens is 234 g/mol. The molecule has 0 aromatic carbocycles. The summed E-state index contributed by atoms with van der Waals surface area (Å²) in [6.45, 7) is 0. The van der Waals surface area contributed by atoms with Crippen molar-refractivity contribution >= 4 is 36.4 Å². The van der Waals surface area contributed by atoms with Gasteiger partial charge < -0.3 is 0 Å². The van der Waals surface area contributed by atoms with Crippen LogP contribution in [0.5, 0.6) is 0 Å². The van der Waals surface area contributed by atoms with E-state index in [0.717, 1.165) is 12.3 Å². The van der Waals surface area contributed by atoms with Gasteiger partial charge in [-0.05, 0) is 12.2 Å². The van der Waals surface area contributed by atoms with E-state index in [-0.39, 0.29) is 0 Å². The van der Waals surface area contributed by atoms with Crippen LogP contribution in [0.1, 0.15) is 0 Å². The number of rotatable bonds is 0. The van der Waals surface area contributed by atoms with Crippen LogP contribution in [-0.2, 0) is 14.4 Å². The molecule has 0 saturated carbocycles. The van der Waals surface area contributed by atoms with Gasteiger partial charge in [0.15, 0.2) is 0 Å². The van der Waals surface area contributed by atoms with E-state index in [0.29, 0.717) is 0 Å². The zero-order valence-electron chi connectivity index (χ0n) is 9.26. The van der Waals surface area contributed by atoms with Gasteiger partial charge in [-0.25, -0.2) is 15.0 Å². The average molecular weight is 243 g/mol. The zero-order chi connectivity index (χ0) is 13.2. The summed E-state index contributed by atoms with van der Waals surface area (Å²) in [5.41, 5.74) is 0. The second-order valence-electron chi connectivity index (χ2n) is 2.93. The van der Waals surface area contributed by atoms with Gasteiger partial charge in [-0.1, -0.05) is 12.2 Å². The van der Waals surface area contributed by atoms with Gasteiger partial charge in [0.1, 0.15) is 0 Å². The Hall–Kier alpha value is -2.76. The summed E-state index contributed by atoms with van der Waals surface area (Å²) < 4.78 is 0. The third-order valence-corrected chi connectivity index (χ3v) is 1.58. The number of hydrogen-bond acceptors (Lipinski definition) is 3. The van der Waals surface area contributed by atoms with E-state index in [4.69, 9.17) is 0 Å². The fourth-order valence-electron chi connectivity index (χ4n) is 0.848. The van der Waals surface area contributed by atoms with E-state index >= 15 is 0 Å². The molecule has 18 heavy (non-hydrogen) atoms. The standard InChI is InChI=1S/C12H9N3O3/c16-10-5-2-1-3-7-14-12(18)9-15-11(17)6-4-8-13-10/h1-9H. The molecule has 1 rings (SSSR count). The summed E-state index contributed by atoms with van der Waals surface area (Å²) in [6, 6.07) is 0. The minimum atomic E-state index is -0.648. The van der Waals surface area contributed by atoms with E-state index in [1.165, 1.54) is 42.8 Å². The van der Waals surface area contributed by atoms with E-state index in [1.54, 1.807) is 0 Å². The molecule has 0 N–H and O–H groups in total. The first-order valence-electron chi connectivity index (χ1n) is 4.92. The largest absolute Gasteiger partial charge is 0.288 e. The highest BCUT2D eigenvalue weighted by Crippen LogP contribution is 1.84. The lowest BCUT2D eigenvalue weighted by Crippen LogP contribution is -1.97. The van der Waals surface area contributed by atoms with Gasteiger partial charge in [-0.2, -0.15) is 0 Å². The summed E-state index contributed by atoms with van der Waals surface area (Å²) >= 11 is 0. The summed E-state index contributed by atoms with van der Waals surface area (Å²) in [6.07, 6.45) is 11.2. The highest BCUT2D eigenvalue weighted by Gasteiger charge is 1.93. The Balaban J connectivity index is 2.90. The fraction of sp³-hybridized carbons (Fsp3) is 0. The maximum absolute atomic E-state index is 11.1. The van der Waals surface area contributed by atoms with E-state index in [9.17, 15) is 14.4 Å². The van der Waals surface area contributed by atoms with Gasteiger partial charge in [-0.15, -0.1) is 0 Å². The van der Waals surface area contributed by atoms with Crippen LogP contribution >= 0.6 is 0 Å². The van der Waals surface area contributed by atoms with Crippen molar-refractivity contribution in [1.82, 2.24) is 0 Å². The Morgan fingerprint density at radius 2 is 1.22 bits per heavy atom. The van der Waals surface area contributed by atoms with Crippen LogP contribution in [0.25, 0.3) is 0 Å². The maximum atomic E-state index is 11.1. The topological polar surface area (TPSA) is 88.3 Å². The first-order chi connectivity index (χ1) is 8.68. The lowest BCUT2D eigenvalue weighted by molar-refractivity contribution is -0.114. The van der Waals surface area contributed by atoms with Gasteiger partial charge in [0, 0.05) is 24.6 Å². The molecule has 0 unspecified atom stereocenters. The highest BCUT2D eigenvalue weighted by molar-refractivity contribution is 6.30. The van der Waals surface area contributed by atoms with E-state index in [1.807, 2.05) is 0 Å². The van der Waals surface area contributed by atoms with Gasteiger partial charge in [0.2, 0.25) is 0 Å². The van der Waals surface area contributed by atoms with Crippen molar-refractivity contribution in [3.8, 4) is 0 Å². The second kappa shape index (κ2) is 7.50. The molecule has 0 saturated heterocycles.